The smallest absolute Gasteiger partial charge is 0.289 e. The SMILES string of the molecule is Cc1cc2oc(C(=O)N3CCCC(c4nc5ccccc5[nH]4)C3)c(C)c2cc1Cl. The number of piperidine rings is 1. The van der Waals surface area contributed by atoms with Crippen LogP contribution in [0.25, 0.3) is 22.0 Å². The van der Waals surface area contributed by atoms with Crippen molar-refractivity contribution in [3.63, 3.8) is 0 Å². The number of furan rings is 1. The Labute approximate surface area is 173 Å². The highest BCUT2D eigenvalue weighted by Gasteiger charge is 2.30. The highest BCUT2D eigenvalue weighted by Crippen LogP contribution is 2.33. The Morgan fingerprint density at radius 2 is 2.10 bits per heavy atom. The van der Waals surface area contributed by atoms with E-state index in [1.54, 1.807) is 0 Å². The molecule has 0 spiro atoms. The summed E-state index contributed by atoms with van der Waals surface area (Å²) in [6, 6.07) is 11.8. The number of aromatic nitrogens is 2. The van der Waals surface area contributed by atoms with Crippen LogP contribution in [0.4, 0.5) is 0 Å². The summed E-state index contributed by atoms with van der Waals surface area (Å²) in [5.41, 5.74) is 4.49. The van der Waals surface area contributed by atoms with Gasteiger partial charge in [-0.1, -0.05) is 23.7 Å². The van der Waals surface area contributed by atoms with Gasteiger partial charge in [0, 0.05) is 35.0 Å². The lowest BCUT2D eigenvalue weighted by atomic mass is 9.97. The van der Waals surface area contributed by atoms with Gasteiger partial charge in [0.25, 0.3) is 5.91 Å². The highest BCUT2D eigenvalue weighted by atomic mass is 35.5. The largest absolute Gasteiger partial charge is 0.451 e. The monoisotopic (exact) mass is 407 g/mol. The van der Waals surface area contributed by atoms with Crippen LogP contribution in [0.2, 0.25) is 5.02 Å². The molecule has 0 radical (unpaired) electrons. The normalized spacial score (nSPS) is 17.3. The molecule has 0 aliphatic carbocycles. The summed E-state index contributed by atoms with van der Waals surface area (Å²) in [7, 11) is 0. The van der Waals surface area contributed by atoms with Crippen molar-refractivity contribution in [1.82, 2.24) is 14.9 Å². The van der Waals surface area contributed by atoms with Crippen LogP contribution in [0.1, 0.15) is 46.3 Å². The summed E-state index contributed by atoms with van der Waals surface area (Å²) in [5, 5.41) is 1.58. The van der Waals surface area contributed by atoms with E-state index in [1.165, 1.54) is 0 Å². The lowest BCUT2D eigenvalue weighted by molar-refractivity contribution is 0.0674. The summed E-state index contributed by atoms with van der Waals surface area (Å²) >= 11 is 6.27. The third-order valence-corrected chi connectivity index (χ3v) is 6.32. The first-order valence-corrected chi connectivity index (χ1v) is 10.3. The molecule has 5 rings (SSSR count). The van der Waals surface area contributed by atoms with Crippen LogP contribution < -0.4 is 0 Å². The molecule has 3 heterocycles. The number of hydrogen-bond donors (Lipinski definition) is 1. The number of nitrogens with one attached hydrogen (secondary N) is 1. The molecule has 1 aliphatic rings. The molecule has 0 saturated carbocycles. The first-order chi connectivity index (χ1) is 14.0. The first-order valence-electron chi connectivity index (χ1n) is 9.94. The Kier molecular flexibility index (Phi) is 4.36. The summed E-state index contributed by atoms with van der Waals surface area (Å²) in [6.07, 6.45) is 1.95. The van der Waals surface area contributed by atoms with E-state index in [2.05, 4.69) is 4.98 Å². The lowest BCUT2D eigenvalue weighted by Gasteiger charge is -2.31. The molecule has 2 aromatic carbocycles. The van der Waals surface area contributed by atoms with Crippen molar-refractivity contribution >= 4 is 39.5 Å². The Balaban J connectivity index is 1.44. The predicted molar refractivity (Wildman–Crippen MR) is 115 cm³/mol. The number of nitrogens with zero attached hydrogens (tertiary/aromatic N) is 2. The number of fused-ring (bicyclic) bond motifs is 2. The molecular weight excluding hydrogens is 386 g/mol. The molecule has 1 aliphatic heterocycles. The van der Waals surface area contributed by atoms with E-state index in [4.69, 9.17) is 21.0 Å². The second kappa shape index (κ2) is 6.92. The molecule has 29 heavy (non-hydrogen) atoms. The van der Waals surface area contributed by atoms with Crippen LogP contribution in [-0.2, 0) is 0 Å². The number of aromatic amines is 1. The number of aryl methyl sites for hydroxylation is 2. The maximum Gasteiger partial charge on any atom is 0.289 e. The molecule has 5 nitrogen and oxygen atoms in total. The minimum absolute atomic E-state index is 0.0618. The molecule has 148 valence electrons. The summed E-state index contributed by atoms with van der Waals surface area (Å²) in [6.45, 7) is 5.22. The minimum Gasteiger partial charge on any atom is -0.451 e. The van der Waals surface area contributed by atoms with Gasteiger partial charge in [0.15, 0.2) is 5.76 Å². The van der Waals surface area contributed by atoms with E-state index < -0.39 is 0 Å². The Morgan fingerprint density at radius 3 is 2.93 bits per heavy atom. The number of halogens is 1. The molecule has 6 heteroatoms. The zero-order chi connectivity index (χ0) is 20.1. The van der Waals surface area contributed by atoms with Gasteiger partial charge in [-0.15, -0.1) is 0 Å². The molecule has 1 atom stereocenters. The topological polar surface area (TPSA) is 62.1 Å². The van der Waals surface area contributed by atoms with E-state index in [1.807, 2.05) is 55.1 Å². The van der Waals surface area contributed by atoms with Crippen LogP contribution in [-0.4, -0.2) is 33.9 Å². The summed E-state index contributed by atoms with van der Waals surface area (Å²) in [5.74, 6) is 1.49. The fourth-order valence-corrected chi connectivity index (χ4v) is 4.40. The molecule has 4 aromatic rings. The van der Waals surface area contributed by atoms with E-state index >= 15 is 0 Å². The molecule has 1 amide bonds. The maximum atomic E-state index is 13.3. The zero-order valence-corrected chi connectivity index (χ0v) is 17.2. The fraction of sp³-hybridized carbons (Fsp3) is 0.304. The average Bonchev–Trinajstić information content (AvgIpc) is 3.30. The van der Waals surface area contributed by atoms with E-state index in [0.717, 1.165) is 52.8 Å². The number of H-pyrrole nitrogens is 1. The second-order valence-electron chi connectivity index (χ2n) is 7.88. The summed E-state index contributed by atoms with van der Waals surface area (Å²) in [4.78, 5) is 23.3. The minimum atomic E-state index is -0.0618. The number of carbonyl (C=O) groups is 1. The third-order valence-electron chi connectivity index (χ3n) is 5.91. The van der Waals surface area contributed by atoms with Crippen molar-refractivity contribution in [2.45, 2.75) is 32.6 Å². The van der Waals surface area contributed by atoms with E-state index in [-0.39, 0.29) is 11.8 Å². The quantitative estimate of drug-likeness (QED) is 0.470. The van der Waals surface area contributed by atoms with Crippen molar-refractivity contribution < 1.29 is 9.21 Å². The molecular formula is C23H22ClN3O2. The van der Waals surface area contributed by atoms with Gasteiger partial charge in [0.2, 0.25) is 0 Å². The molecule has 1 fully saturated rings. The van der Waals surface area contributed by atoms with Gasteiger partial charge in [-0.2, -0.15) is 0 Å². The van der Waals surface area contributed by atoms with Gasteiger partial charge in [0.05, 0.1) is 11.0 Å². The number of amides is 1. The number of imidazole rings is 1. The highest BCUT2D eigenvalue weighted by molar-refractivity contribution is 6.32. The van der Waals surface area contributed by atoms with Gasteiger partial charge in [-0.25, -0.2) is 4.98 Å². The van der Waals surface area contributed by atoms with Crippen LogP contribution in [0.5, 0.6) is 0 Å². The van der Waals surface area contributed by atoms with Crippen LogP contribution in [0, 0.1) is 13.8 Å². The molecule has 0 bridgehead atoms. The lowest BCUT2D eigenvalue weighted by Crippen LogP contribution is -2.39. The Bertz CT molecular complexity index is 1210. The van der Waals surface area contributed by atoms with Crippen molar-refractivity contribution in [2.75, 3.05) is 13.1 Å². The van der Waals surface area contributed by atoms with Crippen LogP contribution >= 0.6 is 11.6 Å². The third kappa shape index (κ3) is 3.10. The van der Waals surface area contributed by atoms with Crippen molar-refractivity contribution in [3.8, 4) is 0 Å². The van der Waals surface area contributed by atoms with E-state index in [9.17, 15) is 4.79 Å². The Morgan fingerprint density at radius 1 is 1.28 bits per heavy atom. The van der Waals surface area contributed by atoms with Crippen molar-refractivity contribution in [3.05, 3.63) is 64.1 Å². The van der Waals surface area contributed by atoms with Crippen LogP contribution in [0.15, 0.2) is 40.8 Å². The molecule has 1 unspecified atom stereocenters. The number of carbonyl (C=O) groups excluding carboxylic acids is 1. The van der Waals surface area contributed by atoms with Gasteiger partial charge in [-0.3, -0.25) is 4.79 Å². The fourth-order valence-electron chi connectivity index (χ4n) is 4.24. The van der Waals surface area contributed by atoms with Gasteiger partial charge >= 0.3 is 0 Å². The number of likely N-dealkylation sites (tertiary alicyclic amines) is 1. The molecule has 2 aromatic heterocycles. The summed E-state index contributed by atoms with van der Waals surface area (Å²) < 4.78 is 5.97. The Hall–Kier alpha value is -2.79. The standard InChI is InChI=1S/C23H22ClN3O2/c1-13-10-20-16(11-17(13)24)14(2)21(29-20)23(28)27-9-5-6-15(12-27)22-25-18-7-3-4-8-19(18)26-22/h3-4,7-8,10-11,15H,5-6,9,12H2,1-2H3,(H,25,26). The first kappa shape index (κ1) is 18.3. The van der Waals surface area contributed by atoms with Gasteiger partial charge in [0.1, 0.15) is 11.4 Å². The predicted octanol–water partition coefficient (Wildman–Crippen LogP) is 5.60. The van der Waals surface area contributed by atoms with Gasteiger partial charge < -0.3 is 14.3 Å². The maximum absolute atomic E-state index is 13.3. The van der Waals surface area contributed by atoms with Crippen molar-refractivity contribution in [2.24, 2.45) is 0 Å². The van der Waals surface area contributed by atoms with Crippen LogP contribution in [0.3, 0.4) is 0 Å². The second-order valence-corrected chi connectivity index (χ2v) is 8.29. The van der Waals surface area contributed by atoms with Gasteiger partial charge in [-0.05, 0) is 56.5 Å². The van der Waals surface area contributed by atoms with E-state index in [0.29, 0.717) is 22.9 Å². The molecule has 1 saturated heterocycles. The number of hydrogen-bond acceptors (Lipinski definition) is 3. The number of benzene rings is 2. The van der Waals surface area contributed by atoms with Crippen molar-refractivity contribution in [1.29, 1.82) is 0 Å². The number of para-hydroxylation sites is 2. The number of rotatable bonds is 2. The average molecular weight is 408 g/mol. The molecule has 1 N–H and O–H groups in total. The zero-order valence-electron chi connectivity index (χ0n) is 16.5.